The van der Waals surface area contributed by atoms with E-state index in [2.05, 4.69) is 35.0 Å². The number of unbranched alkanes of at least 4 members (excludes halogenated alkanes) is 1. The number of anilines is 2. The van der Waals surface area contributed by atoms with Crippen LogP contribution in [0.4, 0.5) is 11.4 Å². The third kappa shape index (κ3) is 3.46. The fourth-order valence-corrected chi connectivity index (χ4v) is 2.97. The van der Waals surface area contributed by atoms with Crippen LogP contribution in [0.5, 0.6) is 5.75 Å². The van der Waals surface area contributed by atoms with Crippen molar-refractivity contribution in [1.82, 2.24) is 4.98 Å². The maximum Gasteiger partial charge on any atom is 0.119 e. The van der Waals surface area contributed by atoms with Crippen LogP contribution in [0.25, 0.3) is 10.9 Å². The van der Waals surface area contributed by atoms with Crippen LogP contribution in [0, 0.1) is 0 Å². The van der Waals surface area contributed by atoms with Crippen LogP contribution >= 0.6 is 11.6 Å². The van der Waals surface area contributed by atoms with Crippen LogP contribution in [0.2, 0.25) is 5.02 Å². The lowest BCUT2D eigenvalue weighted by Crippen LogP contribution is -2.18. The Labute approximate surface area is 147 Å². The van der Waals surface area contributed by atoms with Crippen LogP contribution in [-0.4, -0.2) is 18.6 Å². The van der Waals surface area contributed by atoms with Gasteiger partial charge in [-0.3, -0.25) is 4.98 Å². The van der Waals surface area contributed by atoms with Crippen LogP contribution in [0.3, 0.4) is 0 Å². The second-order valence-electron chi connectivity index (χ2n) is 5.69. The molecule has 0 amide bonds. The number of halogens is 1. The van der Waals surface area contributed by atoms with E-state index < -0.39 is 0 Å². The lowest BCUT2D eigenvalue weighted by atomic mass is 10.1. The lowest BCUT2D eigenvalue weighted by Gasteiger charge is -2.26. The summed E-state index contributed by atoms with van der Waals surface area (Å²) >= 11 is 6.12. The molecule has 0 fully saturated rings. The minimum Gasteiger partial charge on any atom is -0.497 e. The highest BCUT2D eigenvalue weighted by molar-refractivity contribution is 6.31. The molecule has 0 radical (unpaired) electrons. The zero-order valence-electron chi connectivity index (χ0n) is 14.0. The predicted molar refractivity (Wildman–Crippen MR) is 102 cm³/mol. The Hall–Kier alpha value is -2.26. The van der Waals surface area contributed by atoms with Gasteiger partial charge in [-0.2, -0.15) is 0 Å². The number of ether oxygens (including phenoxy) is 1. The number of nitrogens with zero attached hydrogens (tertiary/aromatic N) is 2. The molecule has 0 aliphatic carbocycles. The molecule has 0 aliphatic heterocycles. The number of pyridine rings is 1. The van der Waals surface area contributed by atoms with Crippen molar-refractivity contribution < 1.29 is 4.74 Å². The SMILES string of the molecule is CCCCN(c1ccc(OC)cc1)c1ccnc2cc(Cl)ccc12. The van der Waals surface area contributed by atoms with Crippen LogP contribution in [0.15, 0.2) is 54.7 Å². The zero-order valence-corrected chi connectivity index (χ0v) is 14.8. The second-order valence-corrected chi connectivity index (χ2v) is 6.13. The molecule has 24 heavy (non-hydrogen) atoms. The molecule has 4 heteroatoms. The average molecular weight is 341 g/mol. The Morgan fingerprint density at radius 2 is 1.88 bits per heavy atom. The van der Waals surface area contributed by atoms with Crippen molar-refractivity contribution in [3.63, 3.8) is 0 Å². The summed E-state index contributed by atoms with van der Waals surface area (Å²) in [6, 6.07) is 16.1. The van der Waals surface area contributed by atoms with E-state index in [1.807, 2.05) is 36.5 Å². The van der Waals surface area contributed by atoms with Gasteiger partial charge in [0.05, 0.1) is 18.3 Å². The first-order valence-corrected chi connectivity index (χ1v) is 8.56. The summed E-state index contributed by atoms with van der Waals surface area (Å²) < 4.78 is 5.28. The first-order chi connectivity index (χ1) is 11.7. The van der Waals surface area contributed by atoms with Crippen molar-refractivity contribution in [2.24, 2.45) is 0 Å². The smallest absolute Gasteiger partial charge is 0.119 e. The number of rotatable bonds is 6. The molecule has 0 spiro atoms. The van der Waals surface area contributed by atoms with Crippen molar-refractivity contribution in [3.05, 3.63) is 59.8 Å². The van der Waals surface area contributed by atoms with E-state index in [0.717, 1.165) is 47.4 Å². The minimum absolute atomic E-state index is 0.705. The molecule has 124 valence electrons. The fourth-order valence-electron chi connectivity index (χ4n) is 2.81. The quantitative estimate of drug-likeness (QED) is 0.564. The molecule has 3 nitrogen and oxygen atoms in total. The standard InChI is InChI=1S/C20H21ClN2O/c1-3-4-13-23(16-6-8-17(24-2)9-7-16)20-11-12-22-19-14-15(21)5-10-18(19)20/h5-12,14H,3-4,13H2,1-2H3. The number of fused-ring (bicyclic) bond motifs is 1. The monoisotopic (exact) mass is 340 g/mol. The highest BCUT2D eigenvalue weighted by Gasteiger charge is 2.13. The predicted octanol–water partition coefficient (Wildman–Crippen LogP) is 5.84. The molecule has 0 unspecified atom stereocenters. The van der Waals surface area contributed by atoms with Gasteiger partial charge in [0.2, 0.25) is 0 Å². The number of benzene rings is 2. The Morgan fingerprint density at radius 3 is 2.58 bits per heavy atom. The Bertz CT molecular complexity index is 817. The summed E-state index contributed by atoms with van der Waals surface area (Å²) in [5.74, 6) is 0.862. The fraction of sp³-hybridized carbons (Fsp3) is 0.250. The van der Waals surface area contributed by atoms with Gasteiger partial charge in [0.25, 0.3) is 0 Å². The molecule has 0 saturated carbocycles. The summed E-state index contributed by atoms with van der Waals surface area (Å²) in [6.45, 7) is 3.15. The largest absolute Gasteiger partial charge is 0.497 e. The third-order valence-electron chi connectivity index (χ3n) is 4.09. The normalized spacial score (nSPS) is 10.8. The van der Waals surface area contributed by atoms with Gasteiger partial charge in [-0.15, -0.1) is 0 Å². The van der Waals surface area contributed by atoms with Crippen molar-refractivity contribution in [2.45, 2.75) is 19.8 Å². The van der Waals surface area contributed by atoms with Crippen LogP contribution in [-0.2, 0) is 0 Å². The van der Waals surface area contributed by atoms with E-state index in [1.165, 1.54) is 0 Å². The summed E-state index contributed by atoms with van der Waals surface area (Å²) in [7, 11) is 1.68. The molecule has 0 bridgehead atoms. The maximum absolute atomic E-state index is 6.12. The van der Waals surface area contributed by atoms with Crippen molar-refractivity contribution in [3.8, 4) is 5.75 Å². The van der Waals surface area contributed by atoms with E-state index in [1.54, 1.807) is 7.11 Å². The first kappa shape index (κ1) is 16.6. The first-order valence-electron chi connectivity index (χ1n) is 8.19. The number of methoxy groups -OCH3 is 1. The van der Waals surface area contributed by atoms with Crippen molar-refractivity contribution in [1.29, 1.82) is 0 Å². The summed E-state index contributed by atoms with van der Waals surface area (Å²) in [5.41, 5.74) is 3.21. The highest BCUT2D eigenvalue weighted by Crippen LogP contribution is 2.33. The van der Waals surface area contributed by atoms with Gasteiger partial charge in [-0.05, 0) is 55.0 Å². The third-order valence-corrected chi connectivity index (χ3v) is 4.33. The van der Waals surface area contributed by atoms with Gasteiger partial charge in [0.1, 0.15) is 5.75 Å². The van der Waals surface area contributed by atoms with E-state index in [0.29, 0.717) is 5.02 Å². The number of aromatic nitrogens is 1. The van der Waals surface area contributed by atoms with E-state index >= 15 is 0 Å². The van der Waals surface area contributed by atoms with Gasteiger partial charge in [-0.25, -0.2) is 0 Å². The highest BCUT2D eigenvalue weighted by atomic mass is 35.5. The Balaban J connectivity index is 2.08. The topological polar surface area (TPSA) is 25.4 Å². The number of hydrogen-bond acceptors (Lipinski definition) is 3. The summed E-state index contributed by atoms with van der Waals surface area (Å²) in [4.78, 5) is 6.79. The Morgan fingerprint density at radius 1 is 1.08 bits per heavy atom. The molecule has 3 rings (SSSR count). The molecular formula is C20H21ClN2O. The summed E-state index contributed by atoms with van der Waals surface area (Å²) in [5, 5.41) is 1.81. The lowest BCUT2D eigenvalue weighted by molar-refractivity contribution is 0.415. The molecule has 0 N–H and O–H groups in total. The van der Waals surface area contributed by atoms with Gasteiger partial charge in [0, 0.05) is 28.8 Å². The maximum atomic E-state index is 6.12. The van der Waals surface area contributed by atoms with Gasteiger partial charge in [0.15, 0.2) is 0 Å². The zero-order chi connectivity index (χ0) is 16.9. The van der Waals surface area contributed by atoms with E-state index in [9.17, 15) is 0 Å². The molecule has 1 heterocycles. The van der Waals surface area contributed by atoms with Gasteiger partial charge < -0.3 is 9.64 Å². The molecule has 1 aromatic heterocycles. The second kappa shape index (κ2) is 7.54. The van der Waals surface area contributed by atoms with Crippen molar-refractivity contribution >= 4 is 33.9 Å². The molecule has 0 atom stereocenters. The molecular weight excluding hydrogens is 320 g/mol. The van der Waals surface area contributed by atoms with Crippen molar-refractivity contribution in [2.75, 3.05) is 18.6 Å². The Kier molecular flexibility index (Phi) is 5.21. The van der Waals surface area contributed by atoms with Crippen LogP contribution < -0.4 is 9.64 Å². The molecule has 2 aromatic carbocycles. The summed E-state index contributed by atoms with van der Waals surface area (Å²) in [6.07, 6.45) is 4.10. The average Bonchev–Trinajstić information content (AvgIpc) is 2.62. The molecule has 3 aromatic rings. The molecule has 0 saturated heterocycles. The van der Waals surface area contributed by atoms with Gasteiger partial charge in [-0.1, -0.05) is 24.9 Å². The van der Waals surface area contributed by atoms with E-state index in [4.69, 9.17) is 16.3 Å². The van der Waals surface area contributed by atoms with Crippen LogP contribution in [0.1, 0.15) is 19.8 Å². The van der Waals surface area contributed by atoms with E-state index in [-0.39, 0.29) is 0 Å². The molecule has 0 aliphatic rings. The van der Waals surface area contributed by atoms with Gasteiger partial charge >= 0.3 is 0 Å². The number of hydrogen-bond donors (Lipinski definition) is 0. The minimum atomic E-state index is 0.705.